The van der Waals surface area contributed by atoms with Crippen LogP contribution in [0.2, 0.25) is 0 Å². The van der Waals surface area contributed by atoms with Crippen LogP contribution in [0.4, 0.5) is 5.82 Å². The number of aromatic nitrogens is 2. The van der Waals surface area contributed by atoms with Crippen LogP contribution in [-0.2, 0) is 0 Å². The number of hydrogen-bond donors (Lipinski definition) is 1. The summed E-state index contributed by atoms with van der Waals surface area (Å²) in [4.78, 5) is 7.76. The summed E-state index contributed by atoms with van der Waals surface area (Å²) in [7, 11) is 0. The van der Waals surface area contributed by atoms with Crippen molar-refractivity contribution in [3.63, 3.8) is 0 Å². The lowest BCUT2D eigenvalue weighted by Gasteiger charge is -2.24. The van der Waals surface area contributed by atoms with Gasteiger partial charge in [-0.2, -0.15) is 0 Å². The molecule has 1 saturated carbocycles. The average Bonchev–Trinajstić information content (AvgIpc) is 2.09. The molecule has 1 heterocycles. The highest BCUT2D eigenvalue weighted by Gasteiger charge is 2.16. The highest BCUT2D eigenvalue weighted by atomic mass is 16.5. The molecule has 0 atom stereocenters. The molecule has 0 spiro atoms. The first-order chi connectivity index (χ1) is 6.84. The van der Waals surface area contributed by atoms with Gasteiger partial charge in [0, 0.05) is 6.07 Å². The van der Waals surface area contributed by atoms with E-state index in [1.165, 1.54) is 25.6 Å². The van der Waals surface area contributed by atoms with Gasteiger partial charge in [-0.1, -0.05) is 19.3 Å². The Morgan fingerprint density at radius 2 is 2.29 bits per heavy atom. The third-order valence-electron chi connectivity index (χ3n) is 2.66. The minimum Gasteiger partial charge on any atom is -0.478 e. The summed E-state index contributed by atoms with van der Waals surface area (Å²) in [5.74, 6) is 1.91. The second-order valence-corrected chi connectivity index (χ2v) is 3.72. The van der Waals surface area contributed by atoms with Gasteiger partial charge in [-0.3, -0.25) is 0 Å². The Kier molecular flexibility index (Phi) is 2.81. The van der Waals surface area contributed by atoms with E-state index in [1.807, 2.05) is 0 Å². The van der Waals surface area contributed by atoms with Crippen molar-refractivity contribution in [2.24, 2.45) is 5.92 Å². The fraction of sp³-hybridized carbons (Fsp3) is 0.600. The van der Waals surface area contributed by atoms with Gasteiger partial charge in [-0.05, 0) is 12.3 Å². The first-order valence-corrected chi connectivity index (χ1v) is 5.05. The van der Waals surface area contributed by atoms with E-state index in [1.54, 1.807) is 6.07 Å². The molecule has 4 heteroatoms. The summed E-state index contributed by atoms with van der Waals surface area (Å²) >= 11 is 0. The second-order valence-electron chi connectivity index (χ2n) is 3.72. The van der Waals surface area contributed by atoms with Crippen LogP contribution >= 0.6 is 0 Å². The Bertz CT molecular complexity index is 299. The van der Waals surface area contributed by atoms with E-state index < -0.39 is 0 Å². The normalized spacial score (nSPS) is 16.3. The van der Waals surface area contributed by atoms with Gasteiger partial charge >= 0.3 is 0 Å². The summed E-state index contributed by atoms with van der Waals surface area (Å²) in [6, 6.07) is 1.65. The van der Waals surface area contributed by atoms with Crippen molar-refractivity contribution in [2.75, 3.05) is 12.3 Å². The summed E-state index contributed by atoms with van der Waals surface area (Å²) in [5, 5.41) is 0. The lowest BCUT2D eigenvalue weighted by atomic mass is 9.83. The summed E-state index contributed by atoms with van der Waals surface area (Å²) in [6.07, 6.45) is 6.65. The number of nitrogens with zero attached hydrogens (tertiary/aromatic N) is 2. The van der Waals surface area contributed by atoms with Crippen molar-refractivity contribution < 1.29 is 4.74 Å². The highest BCUT2D eigenvalue weighted by Crippen LogP contribution is 2.29. The zero-order valence-electron chi connectivity index (χ0n) is 8.15. The zero-order chi connectivity index (χ0) is 9.80. The predicted octanol–water partition coefficient (Wildman–Crippen LogP) is 1.63. The van der Waals surface area contributed by atoms with Gasteiger partial charge in [-0.25, -0.2) is 9.97 Å². The van der Waals surface area contributed by atoms with Crippen LogP contribution in [-0.4, -0.2) is 16.6 Å². The molecule has 1 aliphatic carbocycles. The summed E-state index contributed by atoms with van der Waals surface area (Å²) in [6.45, 7) is 0.737. The van der Waals surface area contributed by atoms with E-state index in [0.29, 0.717) is 11.7 Å². The molecule has 2 N–H and O–H groups in total. The number of anilines is 1. The molecule has 0 aromatic carbocycles. The SMILES string of the molecule is Nc1cc(OCCC2CCC2)ncn1. The summed E-state index contributed by atoms with van der Waals surface area (Å²) in [5.41, 5.74) is 5.50. The van der Waals surface area contributed by atoms with Gasteiger partial charge in [0.2, 0.25) is 5.88 Å². The van der Waals surface area contributed by atoms with E-state index in [9.17, 15) is 0 Å². The van der Waals surface area contributed by atoms with Crippen LogP contribution in [0.1, 0.15) is 25.7 Å². The van der Waals surface area contributed by atoms with Gasteiger partial charge < -0.3 is 10.5 Å². The zero-order valence-corrected chi connectivity index (χ0v) is 8.15. The maximum Gasteiger partial charge on any atom is 0.218 e. The van der Waals surface area contributed by atoms with Crippen molar-refractivity contribution in [2.45, 2.75) is 25.7 Å². The van der Waals surface area contributed by atoms with Crippen molar-refractivity contribution in [3.8, 4) is 5.88 Å². The lowest BCUT2D eigenvalue weighted by Crippen LogP contribution is -2.14. The third-order valence-corrected chi connectivity index (χ3v) is 2.66. The lowest BCUT2D eigenvalue weighted by molar-refractivity contribution is 0.217. The number of nitrogen functional groups attached to an aromatic ring is 1. The highest BCUT2D eigenvalue weighted by molar-refractivity contribution is 5.30. The Morgan fingerprint density at radius 3 is 2.93 bits per heavy atom. The van der Waals surface area contributed by atoms with E-state index >= 15 is 0 Å². The smallest absolute Gasteiger partial charge is 0.218 e. The largest absolute Gasteiger partial charge is 0.478 e. The molecule has 0 saturated heterocycles. The van der Waals surface area contributed by atoms with Crippen molar-refractivity contribution >= 4 is 5.82 Å². The van der Waals surface area contributed by atoms with Crippen LogP contribution in [0, 0.1) is 5.92 Å². The molecule has 14 heavy (non-hydrogen) atoms. The molecule has 0 unspecified atom stereocenters. The maximum absolute atomic E-state index is 5.50. The Labute approximate surface area is 83.5 Å². The van der Waals surface area contributed by atoms with Gasteiger partial charge in [0.1, 0.15) is 12.1 Å². The molecule has 0 bridgehead atoms. The molecule has 1 aromatic heterocycles. The predicted molar refractivity (Wildman–Crippen MR) is 53.9 cm³/mol. The molecule has 1 aliphatic rings. The molecule has 0 amide bonds. The third kappa shape index (κ3) is 2.34. The van der Waals surface area contributed by atoms with Crippen LogP contribution in [0.15, 0.2) is 12.4 Å². The van der Waals surface area contributed by atoms with E-state index in [-0.39, 0.29) is 0 Å². The topological polar surface area (TPSA) is 61.0 Å². The minimum atomic E-state index is 0.457. The fourth-order valence-electron chi connectivity index (χ4n) is 1.54. The van der Waals surface area contributed by atoms with Crippen LogP contribution < -0.4 is 10.5 Å². The summed E-state index contributed by atoms with van der Waals surface area (Å²) < 4.78 is 5.46. The number of rotatable bonds is 4. The molecular formula is C10H15N3O. The van der Waals surface area contributed by atoms with Crippen molar-refractivity contribution in [3.05, 3.63) is 12.4 Å². The maximum atomic E-state index is 5.50. The minimum absolute atomic E-state index is 0.457. The molecule has 0 aliphatic heterocycles. The van der Waals surface area contributed by atoms with Gasteiger partial charge in [0.05, 0.1) is 6.61 Å². The molecule has 1 fully saturated rings. The standard InChI is InChI=1S/C10H15N3O/c11-9-6-10(13-7-12-9)14-5-4-8-2-1-3-8/h6-8H,1-5H2,(H2,11,12,13). The monoisotopic (exact) mass is 193 g/mol. The molecule has 0 radical (unpaired) electrons. The molecule has 2 rings (SSSR count). The van der Waals surface area contributed by atoms with E-state index in [4.69, 9.17) is 10.5 Å². The molecular weight excluding hydrogens is 178 g/mol. The molecule has 76 valence electrons. The van der Waals surface area contributed by atoms with Gasteiger partial charge in [0.25, 0.3) is 0 Å². The van der Waals surface area contributed by atoms with Crippen molar-refractivity contribution in [1.29, 1.82) is 0 Å². The van der Waals surface area contributed by atoms with Crippen LogP contribution in [0.3, 0.4) is 0 Å². The van der Waals surface area contributed by atoms with E-state index in [2.05, 4.69) is 9.97 Å². The first-order valence-electron chi connectivity index (χ1n) is 5.05. The molecule has 1 aromatic rings. The van der Waals surface area contributed by atoms with Gasteiger partial charge in [0.15, 0.2) is 0 Å². The Balaban J connectivity index is 1.74. The van der Waals surface area contributed by atoms with Crippen LogP contribution in [0.5, 0.6) is 5.88 Å². The first kappa shape index (κ1) is 9.24. The Hall–Kier alpha value is -1.32. The number of ether oxygens (including phenoxy) is 1. The second kappa shape index (κ2) is 4.26. The number of nitrogens with two attached hydrogens (primary N) is 1. The Morgan fingerprint density at radius 1 is 1.43 bits per heavy atom. The van der Waals surface area contributed by atoms with E-state index in [0.717, 1.165) is 18.9 Å². The number of hydrogen-bond acceptors (Lipinski definition) is 4. The van der Waals surface area contributed by atoms with Crippen LogP contribution in [0.25, 0.3) is 0 Å². The quantitative estimate of drug-likeness (QED) is 0.789. The van der Waals surface area contributed by atoms with Crippen molar-refractivity contribution in [1.82, 2.24) is 9.97 Å². The van der Waals surface area contributed by atoms with Gasteiger partial charge in [-0.15, -0.1) is 0 Å². The molecule has 4 nitrogen and oxygen atoms in total. The fourth-order valence-corrected chi connectivity index (χ4v) is 1.54. The average molecular weight is 193 g/mol.